The quantitative estimate of drug-likeness (QED) is 0.791. The van der Waals surface area contributed by atoms with Gasteiger partial charge in [-0.05, 0) is 31.9 Å². The lowest BCUT2D eigenvalue weighted by molar-refractivity contribution is 0.247. The van der Waals surface area contributed by atoms with Gasteiger partial charge in [0.15, 0.2) is 11.6 Å². The maximum absolute atomic E-state index is 13.9. The van der Waals surface area contributed by atoms with Crippen molar-refractivity contribution in [2.45, 2.75) is 25.8 Å². The highest BCUT2D eigenvalue weighted by atomic mass is 19.1. The number of aryl methyl sites for hydroxylation is 1. The summed E-state index contributed by atoms with van der Waals surface area (Å²) >= 11 is 0. The molecule has 1 atom stereocenters. The van der Waals surface area contributed by atoms with E-state index < -0.39 is 11.8 Å². The molecule has 6 nitrogen and oxygen atoms in total. The Labute approximate surface area is 138 Å². The zero-order valence-corrected chi connectivity index (χ0v) is 13.2. The number of carbonyl (C=O) groups excluding carboxylic acids is 1. The highest BCUT2D eigenvalue weighted by Crippen LogP contribution is 2.33. The SMILES string of the molecule is Cc1cc(NC(=O)N[C@H]2CCCOc3c(F)cccc32)c[nH]c1=O. The third-order valence-corrected chi connectivity index (χ3v) is 3.91. The second-order valence-corrected chi connectivity index (χ2v) is 5.70. The van der Waals surface area contributed by atoms with Crippen molar-refractivity contribution in [1.29, 1.82) is 0 Å². The molecule has 1 aromatic carbocycles. The van der Waals surface area contributed by atoms with Crippen molar-refractivity contribution < 1.29 is 13.9 Å². The average Bonchev–Trinajstić information content (AvgIpc) is 2.75. The zero-order chi connectivity index (χ0) is 17.1. The van der Waals surface area contributed by atoms with Crippen molar-refractivity contribution in [2.24, 2.45) is 0 Å². The van der Waals surface area contributed by atoms with E-state index in [0.717, 1.165) is 0 Å². The summed E-state index contributed by atoms with van der Waals surface area (Å²) in [6, 6.07) is 5.50. The van der Waals surface area contributed by atoms with Crippen LogP contribution in [0.25, 0.3) is 0 Å². The van der Waals surface area contributed by atoms with Crippen molar-refractivity contribution in [1.82, 2.24) is 10.3 Å². The number of amides is 2. The molecular formula is C17H18FN3O3. The predicted molar refractivity (Wildman–Crippen MR) is 87.8 cm³/mol. The lowest BCUT2D eigenvalue weighted by Gasteiger charge is -2.19. The standard InChI is InChI=1S/C17H18FN3O3/c1-10-8-11(9-19-16(10)22)20-17(23)21-14-6-3-7-24-15-12(14)4-2-5-13(15)18/h2,4-5,8-9,14H,3,6-7H2,1H3,(H,19,22)(H2,20,21,23)/t14-/m0/s1. The summed E-state index contributed by atoms with van der Waals surface area (Å²) in [5.74, 6) is -0.238. The molecule has 2 amide bonds. The molecule has 3 rings (SSSR count). The number of halogens is 1. The summed E-state index contributed by atoms with van der Waals surface area (Å²) < 4.78 is 19.4. The third-order valence-electron chi connectivity index (χ3n) is 3.91. The monoisotopic (exact) mass is 331 g/mol. The van der Waals surface area contributed by atoms with E-state index in [1.165, 1.54) is 12.3 Å². The Hall–Kier alpha value is -2.83. The van der Waals surface area contributed by atoms with Gasteiger partial charge in [0.05, 0.1) is 18.3 Å². The van der Waals surface area contributed by atoms with Gasteiger partial charge in [0.2, 0.25) is 0 Å². The van der Waals surface area contributed by atoms with Crippen molar-refractivity contribution >= 4 is 11.7 Å². The highest BCUT2D eigenvalue weighted by Gasteiger charge is 2.23. The lowest BCUT2D eigenvalue weighted by Crippen LogP contribution is -2.32. The molecule has 0 aliphatic carbocycles. The Morgan fingerprint density at radius 1 is 1.42 bits per heavy atom. The van der Waals surface area contributed by atoms with Crippen LogP contribution in [0.3, 0.4) is 0 Å². The smallest absolute Gasteiger partial charge is 0.319 e. The van der Waals surface area contributed by atoms with Gasteiger partial charge in [-0.15, -0.1) is 0 Å². The Kier molecular flexibility index (Phi) is 4.50. The summed E-state index contributed by atoms with van der Waals surface area (Å²) in [5.41, 5.74) is 1.41. The number of carbonyl (C=O) groups is 1. The predicted octanol–water partition coefficient (Wildman–Crippen LogP) is 2.86. The van der Waals surface area contributed by atoms with Crippen LogP contribution in [0.15, 0.2) is 35.3 Å². The van der Waals surface area contributed by atoms with Crippen LogP contribution >= 0.6 is 0 Å². The second-order valence-electron chi connectivity index (χ2n) is 5.70. The van der Waals surface area contributed by atoms with Gasteiger partial charge in [0.1, 0.15) is 0 Å². The van der Waals surface area contributed by atoms with Crippen molar-refractivity contribution in [2.75, 3.05) is 11.9 Å². The van der Waals surface area contributed by atoms with E-state index >= 15 is 0 Å². The van der Waals surface area contributed by atoms with E-state index in [0.29, 0.717) is 36.3 Å². The number of urea groups is 1. The number of benzene rings is 1. The van der Waals surface area contributed by atoms with Gasteiger partial charge in [-0.1, -0.05) is 12.1 Å². The lowest BCUT2D eigenvalue weighted by atomic mass is 10.0. The molecule has 0 unspecified atom stereocenters. The van der Waals surface area contributed by atoms with Crippen LogP contribution in [0.5, 0.6) is 5.75 Å². The number of hydrogen-bond donors (Lipinski definition) is 3. The number of aromatic amines is 1. The van der Waals surface area contributed by atoms with Crippen LogP contribution in [-0.4, -0.2) is 17.6 Å². The van der Waals surface area contributed by atoms with Gasteiger partial charge in [0, 0.05) is 17.3 Å². The van der Waals surface area contributed by atoms with Gasteiger partial charge in [-0.3, -0.25) is 4.79 Å². The number of aromatic nitrogens is 1. The largest absolute Gasteiger partial charge is 0.490 e. The fourth-order valence-electron chi connectivity index (χ4n) is 2.71. The summed E-state index contributed by atoms with van der Waals surface area (Å²) in [6.45, 7) is 2.07. The molecule has 1 aromatic heterocycles. The summed E-state index contributed by atoms with van der Waals surface area (Å²) in [4.78, 5) is 26.1. The number of fused-ring (bicyclic) bond motifs is 1. The molecule has 0 bridgehead atoms. The normalized spacial score (nSPS) is 16.5. The number of anilines is 1. The minimum Gasteiger partial charge on any atom is -0.490 e. The van der Waals surface area contributed by atoms with Gasteiger partial charge >= 0.3 is 6.03 Å². The molecular weight excluding hydrogens is 313 g/mol. The first-order chi connectivity index (χ1) is 11.5. The van der Waals surface area contributed by atoms with Crippen LogP contribution in [0.1, 0.15) is 30.0 Å². The van der Waals surface area contributed by atoms with Crippen LogP contribution in [0.4, 0.5) is 14.9 Å². The Morgan fingerprint density at radius 2 is 2.25 bits per heavy atom. The van der Waals surface area contributed by atoms with E-state index in [-0.39, 0.29) is 17.4 Å². The molecule has 126 valence electrons. The summed E-state index contributed by atoms with van der Waals surface area (Å²) in [7, 11) is 0. The number of ether oxygens (including phenoxy) is 1. The molecule has 24 heavy (non-hydrogen) atoms. The van der Waals surface area contributed by atoms with Crippen molar-refractivity contribution in [3.05, 3.63) is 57.8 Å². The van der Waals surface area contributed by atoms with E-state index in [9.17, 15) is 14.0 Å². The topological polar surface area (TPSA) is 83.2 Å². The Balaban J connectivity index is 1.75. The fourth-order valence-corrected chi connectivity index (χ4v) is 2.71. The molecule has 2 heterocycles. The number of hydrogen-bond acceptors (Lipinski definition) is 3. The molecule has 0 spiro atoms. The van der Waals surface area contributed by atoms with Gasteiger partial charge < -0.3 is 20.4 Å². The maximum Gasteiger partial charge on any atom is 0.319 e. The van der Waals surface area contributed by atoms with E-state index in [1.807, 2.05) is 0 Å². The number of pyridine rings is 1. The molecule has 1 aliphatic rings. The molecule has 0 saturated carbocycles. The fraction of sp³-hybridized carbons (Fsp3) is 0.294. The van der Waals surface area contributed by atoms with Crippen molar-refractivity contribution in [3.63, 3.8) is 0 Å². The molecule has 2 aromatic rings. The summed E-state index contributed by atoms with van der Waals surface area (Å²) in [6.07, 6.45) is 2.78. The van der Waals surface area contributed by atoms with Gasteiger partial charge in [-0.2, -0.15) is 0 Å². The van der Waals surface area contributed by atoms with E-state index in [2.05, 4.69) is 15.6 Å². The molecule has 7 heteroatoms. The van der Waals surface area contributed by atoms with Crippen molar-refractivity contribution in [3.8, 4) is 5.75 Å². The van der Waals surface area contributed by atoms with Crippen LogP contribution in [0, 0.1) is 12.7 Å². The molecule has 0 radical (unpaired) electrons. The Morgan fingerprint density at radius 3 is 3.04 bits per heavy atom. The maximum atomic E-state index is 13.9. The van der Waals surface area contributed by atoms with Gasteiger partial charge in [-0.25, -0.2) is 9.18 Å². The molecule has 0 fully saturated rings. The number of para-hydroxylation sites is 1. The third kappa shape index (κ3) is 3.40. The molecule has 1 aliphatic heterocycles. The number of nitrogens with one attached hydrogen (secondary N) is 3. The second kappa shape index (κ2) is 6.74. The van der Waals surface area contributed by atoms with E-state index in [4.69, 9.17) is 4.74 Å². The Bertz CT molecular complexity index is 819. The van der Waals surface area contributed by atoms with Crippen LogP contribution in [-0.2, 0) is 0 Å². The summed E-state index contributed by atoms with van der Waals surface area (Å²) in [5, 5.41) is 5.50. The average molecular weight is 331 g/mol. The first-order valence-corrected chi connectivity index (χ1v) is 7.72. The van der Waals surface area contributed by atoms with E-state index in [1.54, 1.807) is 25.1 Å². The zero-order valence-electron chi connectivity index (χ0n) is 13.2. The minimum atomic E-state index is -0.433. The minimum absolute atomic E-state index is 0.195. The van der Waals surface area contributed by atoms with Crippen LogP contribution in [0.2, 0.25) is 0 Å². The first-order valence-electron chi connectivity index (χ1n) is 7.72. The first kappa shape index (κ1) is 16.0. The molecule has 0 saturated heterocycles. The number of H-pyrrole nitrogens is 1. The molecule has 3 N–H and O–H groups in total. The highest BCUT2D eigenvalue weighted by molar-refractivity contribution is 5.89. The number of rotatable bonds is 2. The van der Waals surface area contributed by atoms with Crippen LogP contribution < -0.4 is 20.9 Å². The van der Waals surface area contributed by atoms with Gasteiger partial charge in [0.25, 0.3) is 5.56 Å².